The molecule has 0 unspecified atom stereocenters. The average Bonchev–Trinajstić information content (AvgIpc) is 2.39. The largest absolute Gasteiger partial charge is 0.489 e. The first-order valence-electron chi connectivity index (χ1n) is 5.44. The molecule has 88 valence electrons. The van der Waals surface area contributed by atoms with E-state index in [0.717, 1.165) is 21.3 Å². The van der Waals surface area contributed by atoms with Crippen molar-refractivity contribution in [3.8, 4) is 5.75 Å². The Hall–Kier alpha value is -1.32. The molecule has 0 aliphatic carbocycles. The third kappa shape index (κ3) is 3.58. The van der Waals surface area contributed by atoms with Gasteiger partial charge in [0, 0.05) is 11.0 Å². The van der Waals surface area contributed by atoms with E-state index in [-0.39, 0.29) is 0 Å². The molecular weight excluding hydrogens is 278 g/mol. The standard InChI is InChI=1S/C14H14BrNO/c15-13-5-1-12(2-6-13)10-17-14-7-3-11(9-16)4-8-14/h1-8H,9-10,16H2. The lowest BCUT2D eigenvalue weighted by atomic mass is 10.2. The minimum Gasteiger partial charge on any atom is -0.489 e. The van der Waals surface area contributed by atoms with Gasteiger partial charge in [0.05, 0.1) is 0 Å². The molecule has 0 saturated carbocycles. The van der Waals surface area contributed by atoms with E-state index in [9.17, 15) is 0 Å². The smallest absolute Gasteiger partial charge is 0.119 e. The highest BCUT2D eigenvalue weighted by molar-refractivity contribution is 9.10. The predicted molar refractivity (Wildman–Crippen MR) is 72.8 cm³/mol. The van der Waals surface area contributed by atoms with Crippen molar-refractivity contribution >= 4 is 15.9 Å². The third-order valence-corrected chi connectivity index (χ3v) is 3.01. The monoisotopic (exact) mass is 291 g/mol. The topological polar surface area (TPSA) is 35.2 Å². The van der Waals surface area contributed by atoms with Gasteiger partial charge in [-0.3, -0.25) is 0 Å². The Labute approximate surface area is 110 Å². The van der Waals surface area contributed by atoms with Crippen molar-refractivity contribution < 1.29 is 4.74 Å². The summed E-state index contributed by atoms with van der Waals surface area (Å²) >= 11 is 3.40. The zero-order chi connectivity index (χ0) is 12.1. The maximum atomic E-state index is 5.68. The van der Waals surface area contributed by atoms with E-state index in [2.05, 4.69) is 15.9 Å². The van der Waals surface area contributed by atoms with E-state index in [1.165, 1.54) is 0 Å². The molecule has 0 atom stereocenters. The molecule has 0 saturated heterocycles. The second-order valence-corrected chi connectivity index (χ2v) is 4.68. The molecule has 0 bridgehead atoms. The first kappa shape index (κ1) is 12.1. The average molecular weight is 292 g/mol. The molecule has 0 aromatic heterocycles. The Kier molecular flexibility index (Phi) is 4.18. The molecule has 2 aromatic rings. The molecule has 2 nitrogen and oxygen atoms in total. The van der Waals surface area contributed by atoms with E-state index in [1.807, 2.05) is 48.5 Å². The Morgan fingerprint density at radius 3 is 2.06 bits per heavy atom. The van der Waals surface area contributed by atoms with E-state index < -0.39 is 0 Å². The lowest BCUT2D eigenvalue weighted by Gasteiger charge is -2.07. The summed E-state index contributed by atoms with van der Waals surface area (Å²) in [6, 6.07) is 16.0. The van der Waals surface area contributed by atoms with Crippen LogP contribution < -0.4 is 10.5 Å². The summed E-state index contributed by atoms with van der Waals surface area (Å²) in [6.07, 6.45) is 0. The van der Waals surface area contributed by atoms with Gasteiger partial charge >= 0.3 is 0 Å². The zero-order valence-corrected chi connectivity index (χ0v) is 11.0. The summed E-state index contributed by atoms with van der Waals surface area (Å²) in [4.78, 5) is 0. The van der Waals surface area contributed by atoms with Gasteiger partial charge in [-0.25, -0.2) is 0 Å². The molecule has 0 radical (unpaired) electrons. The zero-order valence-electron chi connectivity index (χ0n) is 9.40. The molecule has 0 aliphatic heterocycles. The Balaban J connectivity index is 1.95. The fourth-order valence-corrected chi connectivity index (χ4v) is 1.73. The van der Waals surface area contributed by atoms with Gasteiger partial charge in [0.1, 0.15) is 12.4 Å². The van der Waals surface area contributed by atoms with Crippen LogP contribution in [0.5, 0.6) is 5.75 Å². The molecular formula is C14H14BrNO. The van der Waals surface area contributed by atoms with Gasteiger partial charge in [0.25, 0.3) is 0 Å². The normalized spacial score (nSPS) is 10.2. The van der Waals surface area contributed by atoms with Gasteiger partial charge in [-0.05, 0) is 35.4 Å². The molecule has 0 fully saturated rings. The van der Waals surface area contributed by atoms with Crippen molar-refractivity contribution in [2.75, 3.05) is 0 Å². The number of rotatable bonds is 4. The lowest BCUT2D eigenvalue weighted by Crippen LogP contribution is -1.97. The van der Waals surface area contributed by atoms with Crippen LogP contribution >= 0.6 is 15.9 Å². The minimum absolute atomic E-state index is 0.562. The van der Waals surface area contributed by atoms with Crippen LogP contribution in [0.3, 0.4) is 0 Å². The first-order valence-corrected chi connectivity index (χ1v) is 6.23. The van der Waals surface area contributed by atoms with Crippen LogP contribution in [0.4, 0.5) is 0 Å². The van der Waals surface area contributed by atoms with E-state index in [0.29, 0.717) is 13.2 Å². The SMILES string of the molecule is NCc1ccc(OCc2ccc(Br)cc2)cc1. The van der Waals surface area contributed by atoms with E-state index in [4.69, 9.17) is 10.5 Å². The van der Waals surface area contributed by atoms with Crippen LogP contribution in [-0.4, -0.2) is 0 Å². The summed E-state index contributed by atoms with van der Waals surface area (Å²) in [6.45, 7) is 1.14. The van der Waals surface area contributed by atoms with Crippen molar-refractivity contribution in [2.24, 2.45) is 5.73 Å². The van der Waals surface area contributed by atoms with Crippen molar-refractivity contribution in [2.45, 2.75) is 13.2 Å². The van der Waals surface area contributed by atoms with Gasteiger partial charge in [-0.2, -0.15) is 0 Å². The highest BCUT2D eigenvalue weighted by Crippen LogP contribution is 2.15. The molecule has 0 spiro atoms. The summed E-state index contributed by atoms with van der Waals surface area (Å²) in [5.74, 6) is 0.866. The number of benzene rings is 2. The van der Waals surface area contributed by atoms with Crippen LogP contribution in [0.2, 0.25) is 0 Å². The van der Waals surface area contributed by atoms with Gasteiger partial charge in [-0.15, -0.1) is 0 Å². The van der Waals surface area contributed by atoms with Crippen molar-refractivity contribution in [1.29, 1.82) is 0 Å². The molecule has 2 aromatic carbocycles. The second kappa shape index (κ2) is 5.84. The van der Waals surface area contributed by atoms with Crippen molar-refractivity contribution in [1.82, 2.24) is 0 Å². The molecule has 0 aliphatic rings. The maximum absolute atomic E-state index is 5.68. The fraction of sp³-hybridized carbons (Fsp3) is 0.143. The minimum atomic E-state index is 0.562. The number of nitrogens with two attached hydrogens (primary N) is 1. The maximum Gasteiger partial charge on any atom is 0.119 e. The summed E-state index contributed by atoms with van der Waals surface area (Å²) in [5.41, 5.74) is 7.80. The summed E-state index contributed by atoms with van der Waals surface area (Å²) < 4.78 is 6.75. The van der Waals surface area contributed by atoms with Crippen LogP contribution in [0.25, 0.3) is 0 Å². The van der Waals surface area contributed by atoms with Crippen LogP contribution in [0.1, 0.15) is 11.1 Å². The van der Waals surface area contributed by atoms with E-state index >= 15 is 0 Å². The number of hydrogen-bond donors (Lipinski definition) is 1. The van der Waals surface area contributed by atoms with Gasteiger partial charge < -0.3 is 10.5 Å². The predicted octanol–water partition coefficient (Wildman–Crippen LogP) is 3.49. The van der Waals surface area contributed by atoms with Crippen molar-refractivity contribution in [3.05, 3.63) is 64.1 Å². The first-order chi connectivity index (χ1) is 8.28. The third-order valence-electron chi connectivity index (χ3n) is 2.48. The molecule has 2 N–H and O–H groups in total. The molecule has 0 heterocycles. The molecule has 2 rings (SSSR count). The number of hydrogen-bond acceptors (Lipinski definition) is 2. The van der Waals surface area contributed by atoms with Crippen molar-refractivity contribution in [3.63, 3.8) is 0 Å². The second-order valence-electron chi connectivity index (χ2n) is 3.76. The van der Waals surface area contributed by atoms with Crippen LogP contribution in [0.15, 0.2) is 53.0 Å². The van der Waals surface area contributed by atoms with Gasteiger partial charge in [-0.1, -0.05) is 40.2 Å². The highest BCUT2D eigenvalue weighted by atomic mass is 79.9. The highest BCUT2D eigenvalue weighted by Gasteiger charge is 1.96. The molecule has 3 heteroatoms. The van der Waals surface area contributed by atoms with Gasteiger partial charge in [0.15, 0.2) is 0 Å². The molecule has 0 amide bonds. The summed E-state index contributed by atoms with van der Waals surface area (Å²) in [5, 5.41) is 0. The van der Waals surface area contributed by atoms with Crippen LogP contribution in [-0.2, 0) is 13.2 Å². The Bertz CT molecular complexity index is 465. The quantitative estimate of drug-likeness (QED) is 0.936. The summed E-state index contributed by atoms with van der Waals surface area (Å²) in [7, 11) is 0. The number of ether oxygens (including phenoxy) is 1. The Morgan fingerprint density at radius 2 is 1.47 bits per heavy atom. The Morgan fingerprint density at radius 1 is 0.882 bits per heavy atom. The molecule has 17 heavy (non-hydrogen) atoms. The van der Waals surface area contributed by atoms with Gasteiger partial charge in [0.2, 0.25) is 0 Å². The lowest BCUT2D eigenvalue weighted by molar-refractivity contribution is 0.306. The van der Waals surface area contributed by atoms with Crippen LogP contribution in [0, 0.1) is 0 Å². The number of halogens is 1. The fourth-order valence-electron chi connectivity index (χ4n) is 1.47. The van der Waals surface area contributed by atoms with E-state index in [1.54, 1.807) is 0 Å².